The minimum absolute atomic E-state index is 0.234. The Hall–Kier alpha value is -1.90. The molecule has 0 saturated carbocycles. The van der Waals surface area contributed by atoms with Crippen molar-refractivity contribution in [3.05, 3.63) is 53.6 Å². The maximum Gasteiger partial charge on any atom is 0.0589 e. The molecule has 112 valence electrons. The second kappa shape index (κ2) is 6.70. The molecule has 21 heavy (non-hydrogen) atoms. The van der Waals surface area contributed by atoms with Gasteiger partial charge in [0.05, 0.1) is 5.69 Å². The van der Waals surface area contributed by atoms with Crippen molar-refractivity contribution in [3.8, 4) is 0 Å². The van der Waals surface area contributed by atoms with E-state index in [9.17, 15) is 0 Å². The molecule has 2 heterocycles. The molecule has 3 heteroatoms. The van der Waals surface area contributed by atoms with Gasteiger partial charge >= 0.3 is 0 Å². The molecule has 1 aromatic carbocycles. The zero-order valence-corrected chi connectivity index (χ0v) is 13.5. The van der Waals surface area contributed by atoms with E-state index in [1.54, 1.807) is 12.4 Å². The molecule has 0 aliphatic carbocycles. The fourth-order valence-corrected chi connectivity index (χ4v) is 2.60. The third-order valence-electron chi connectivity index (χ3n) is 3.82. The SMILES string of the molecule is CC.CC1(C)CNc2ccc(CCc3cnccn3)cc21. The number of rotatable bonds is 3. The van der Waals surface area contributed by atoms with Gasteiger partial charge in [-0.3, -0.25) is 9.97 Å². The molecule has 1 N–H and O–H groups in total. The largest absolute Gasteiger partial charge is 0.384 e. The van der Waals surface area contributed by atoms with Crippen LogP contribution in [-0.2, 0) is 18.3 Å². The molecule has 0 spiro atoms. The van der Waals surface area contributed by atoms with Crippen LogP contribution < -0.4 is 5.32 Å². The van der Waals surface area contributed by atoms with Gasteiger partial charge in [0.25, 0.3) is 0 Å². The zero-order chi connectivity index (χ0) is 15.3. The van der Waals surface area contributed by atoms with E-state index in [4.69, 9.17) is 0 Å². The Labute approximate surface area is 127 Å². The van der Waals surface area contributed by atoms with Crippen molar-refractivity contribution < 1.29 is 0 Å². The number of nitrogens with one attached hydrogen (secondary N) is 1. The van der Waals surface area contributed by atoms with Crippen LogP contribution in [0.3, 0.4) is 0 Å². The maximum absolute atomic E-state index is 4.32. The van der Waals surface area contributed by atoms with E-state index in [-0.39, 0.29) is 5.41 Å². The number of hydrogen-bond donors (Lipinski definition) is 1. The van der Waals surface area contributed by atoms with Crippen LogP contribution >= 0.6 is 0 Å². The minimum atomic E-state index is 0.234. The number of fused-ring (bicyclic) bond motifs is 1. The molecule has 0 fully saturated rings. The standard InChI is InChI=1S/C16H19N3.C2H6/c1-16(2)11-19-15-6-4-12(9-14(15)16)3-5-13-10-17-7-8-18-13;1-2/h4,6-10,19H,3,5,11H2,1-2H3;1-2H3. The molecule has 2 aromatic rings. The summed E-state index contributed by atoms with van der Waals surface area (Å²) < 4.78 is 0. The first kappa shape index (κ1) is 15.5. The quantitative estimate of drug-likeness (QED) is 0.925. The molecule has 1 aliphatic rings. The van der Waals surface area contributed by atoms with Crippen molar-refractivity contribution in [1.82, 2.24) is 9.97 Å². The summed E-state index contributed by atoms with van der Waals surface area (Å²) in [4.78, 5) is 8.43. The summed E-state index contributed by atoms with van der Waals surface area (Å²) in [6.45, 7) is 9.60. The first-order valence-electron chi connectivity index (χ1n) is 7.77. The number of benzene rings is 1. The second-order valence-electron chi connectivity index (χ2n) is 5.81. The van der Waals surface area contributed by atoms with Gasteiger partial charge in [-0.25, -0.2) is 0 Å². The monoisotopic (exact) mass is 283 g/mol. The summed E-state index contributed by atoms with van der Waals surface area (Å²) in [5.74, 6) is 0. The van der Waals surface area contributed by atoms with Crippen LogP contribution in [0, 0.1) is 0 Å². The highest BCUT2D eigenvalue weighted by Gasteiger charge is 2.29. The summed E-state index contributed by atoms with van der Waals surface area (Å²) in [5, 5.41) is 3.47. The van der Waals surface area contributed by atoms with Gasteiger partial charge in [-0.05, 0) is 30.0 Å². The van der Waals surface area contributed by atoms with E-state index in [1.165, 1.54) is 16.8 Å². The summed E-state index contributed by atoms with van der Waals surface area (Å²) in [5.41, 5.74) is 5.39. The van der Waals surface area contributed by atoms with Crippen molar-refractivity contribution in [2.24, 2.45) is 0 Å². The molecule has 0 amide bonds. The molecule has 0 radical (unpaired) electrons. The van der Waals surface area contributed by atoms with Gasteiger partial charge in [0.2, 0.25) is 0 Å². The van der Waals surface area contributed by atoms with Gasteiger partial charge in [-0.15, -0.1) is 0 Å². The molecule has 3 nitrogen and oxygen atoms in total. The minimum Gasteiger partial charge on any atom is -0.384 e. The summed E-state index contributed by atoms with van der Waals surface area (Å²) in [6, 6.07) is 6.76. The molecule has 1 aromatic heterocycles. The maximum atomic E-state index is 4.32. The van der Waals surface area contributed by atoms with Crippen LogP contribution in [-0.4, -0.2) is 16.5 Å². The van der Waals surface area contributed by atoms with Crippen molar-refractivity contribution >= 4 is 5.69 Å². The predicted molar refractivity (Wildman–Crippen MR) is 88.7 cm³/mol. The average molecular weight is 283 g/mol. The molecular weight excluding hydrogens is 258 g/mol. The molecular formula is C18H25N3. The third-order valence-corrected chi connectivity index (χ3v) is 3.82. The van der Waals surface area contributed by atoms with Crippen LogP contribution in [0.5, 0.6) is 0 Å². The first-order chi connectivity index (χ1) is 10.1. The van der Waals surface area contributed by atoms with Gasteiger partial charge < -0.3 is 5.32 Å². The number of nitrogens with zero attached hydrogens (tertiary/aromatic N) is 2. The van der Waals surface area contributed by atoms with Crippen molar-refractivity contribution in [2.75, 3.05) is 11.9 Å². The predicted octanol–water partition coefficient (Wildman–Crippen LogP) is 3.99. The highest BCUT2D eigenvalue weighted by molar-refractivity contribution is 5.60. The molecule has 1 aliphatic heterocycles. The Morgan fingerprint density at radius 1 is 1.14 bits per heavy atom. The Kier molecular flexibility index (Phi) is 4.94. The van der Waals surface area contributed by atoms with Gasteiger partial charge in [0.1, 0.15) is 0 Å². The average Bonchev–Trinajstić information content (AvgIpc) is 2.83. The number of anilines is 1. The molecule has 3 rings (SSSR count). The normalized spacial score (nSPS) is 14.7. The van der Waals surface area contributed by atoms with E-state index in [0.717, 1.165) is 25.1 Å². The fraction of sp³-hybridized carbons (Fsp3) is 0.444. The Bertz CT molecular complexity index is 576. The van der Waals surface area contributed by atoms with Crippen molar-refractivity contribution in [2.45, 2.75) is 46.0 Å². The van der Waals surface area contributed by atoms with Crippen molar-refractivity contribution in [1.29, 1.82) is 0 Å². The number of aromatic nitrogens is 2. The topological polar surface area (TPSA) is 37.8 Å². The Balaban J connectivity index is 0.000000774. The smallest absolute Gasteiger partial charge is 0.0589 e. The summed E-state index contributed by atoms with van der Waals surface area (Å²) >= 11 is 0. The lowest BCUT2D eigenvalue weighted by Crippen LogP contribution is -2.19. The van der Waals surface area contributed by atoms with Crippen LogP contribution in [0.25, 0.3) is 0 Å². The van der Waals surface area contributed by atoms with E-state index in [2.05, 4.69) is 47.3 Å². The van der Waals surface area contributed by atoms with Gasteiger partial charge in [0, 0.05) is 36.2 Å². The van der Waals surface area contributed by atoms with Crippen LogP contribution in [0.4, 0.5) is 5.69 Å². The summed E-state index contributed by atoms with van der Waals surface area (Å²) in [6.07, 6.45) is 7.28. The van der Waals surface area contributed by atoms with Crippen LogP contribution in [0.1, 0.15) is 44.5 Å². The lowest BCUT2D eigenvalue weighted by atomic mass is 9.85. The lowest BCUT2D eigenvalue weighted by molar-refractivity contribution is 0.585. The van der Waals surface area contributed by atoms with E-state index < -0.39 is 0 Å². The molecule has 0 saturated heterocycles. The van der Waals surface area contributed by atoms with E-state index in [1.807, 2.05) is 20.0 Å². The van der Waals surface area contributed by atoms with Gasteiger partial charge in [-0.2, -0.15) is 0 Å². The molecule has 0 bridgehead atoms. The van der Waals surface area contributed by atoms with E-state index >= 15 is 0 Å². The fourth-order valence-electron chi connectivity index (χ4n) is 2.60. The Morgan fingerprint density at radius 3 is 2.67 bits per heavy atom. The number of aryl methyl sites for hydroxylation is 2. The van der Waals surface area contributed by atoms with Gasteiger partial charge in [-0.1, -0.05) is 39.8 Å². The zero-order valence-electron chi connectivity index (χ0n) is 13.5. The molecule has 0 atom stereocenters. The Morgan fingerprint density at radius 2 is 1.95 bits per heavy atom. The second-order valence-corrected chi connectivity index (χ2v) is 5.81. The highest BCUT2D eigenvalue weighted by atomic mass is 14.9. The van der Waals surface area contributed by atoms with Crippen LogP contribution in [0.15, 0.2) is 36.8 Å². The first-order valence-corrected chi connectivity index (χ1v) is 7.77. The van der Waals surface area contributed by atoms with E-state index in [0.29, 0.717) is 0 Å². The molecule has 0 unspecified atom stereocenters. The summed E-state index contributed by atoms with van der Waals surface area (Å²) in [7, 11) is 0. The lowest BCUT2D eigenvalue weighted by Gasteiger charge is -2.17. The number of hydrogen-bond acceptors (Lipinski definition) is 3. The van der Waals surface area contributed by atoms with Crippen LogP contribution in [0.2, 0.25) is 0 Å². The highest BCUT2D eigenvalue weighted by Crippen LogP contribution is 2.36. The third kappa shape index (κ3) is 3.60. The van der Waals surface area contributed by atoms with Gasteiger partial charge in [0.15, 0.2) is 0 Å². The van der Waals surface area contributed by atoms with Crippen molar-refractivity contribution in [3.63, 3.8) is 0 Å².